The molecule has 1 aliphatic carbocycles. The molecule has 3 atom stereocenters. The van der Waals surface area contributed by atoms with Crippen LogP contribution in [0.5, 0.6) is 0 Å². The van der Waals surface area contributed by atoms with Crippen molar-refractivity contribution in [3.8, 4) is 0 Å². The third-order valence-corrected chi connectivity index (χ3v) is 5.77. The average Bonchev–Trinajstić information content (AvgIpc) is 2.85. The number of nitrogens with zero attached hydrogens (tertiary/aromatic N) is 2. The number of carbonyl (C=O) groups excluding carboxylic acids is 1. The number of aromatic nitrogens is 1. The van der Waals surface area contributed by atoms with Crippen LogP contribution in [0.4, 0.5) is 5.82 Å². The summed E-state index contributed by atoms with van der Waals surface area (Å²) in [4.78, 5) is 16.7. The Bertz CT molecular complexity index is 758. The number of ketones is 1. The first-order valence-electron chi connectivity index (χ1n) is 11.4. The maximum atomic E-state index is 12.3. The van der Waals surface area contributed by atoms with E-state index in [2.05, 4.69) is 40.6 Å². The molecule has 0 bridgehead atoms. The fourth-order valence-electron chi connectivity index (χ4n) is 3.79. The number of hydrogen-bond donors (Lipinski definition) is 2. The van der Waals surface area contributed by atoms with Gasteiger partial charge < -0.3 is 15.9 Å². The number of Topliss-reactive ketones (excluding diaryl/α,β-unsaturated/α-hetero) is 1. The quantitative estimate of drug-likeness (QED) is 0.169. The second kappa shape index (κ2) is 13.8. The van der Waals surface area contributed by atoms with Crippen LogP contribution in [0.2, 0.25) is 0 Å². The van der Waals surface area contributed by atoms with Gasteiger partial charge in [-0.25, -0.2) is 4.98 Å². The first-order chi connectivity index (χ1) is 15.0. The zero-order chi connectivity index (χ0) is 22.5. The molecule has 0 radical (unpaired) electrons. The molecule has 1 aromatic rings. The summed E-state index contributed by atoms with van der Waals surface area (Å²) in [6.45, 7) is 7.01. The van der Waals surface area contributed by atoms with Crippen LogP contribution in [-0.4, -0.2) is 29.7 Å². The average molecular weight is 427 g/mol. The zero-order valence-corrected chi connectivity index (χ0v) is 19.2. The minimum atomic E-state index is -0.129. The van der Waals surface area contributed by atoms with Gasteiger partial charge in [0, 0.05) is 36.6 Å². The lowest BCUT2D eigenvalue weighted by Gasteiger charge is -2.22. The van der Waals surface area contributed by atoms with Gasteiger partial charge in [-0.3, -0.25) is 4.79 Å². The van der Waals surface area contributed by atoms with E-state index < -0.39 is 0 Å². The monoisotopic (exact) mass is 426 g/mol. The lowest BCUT2D eigenvalue weighted by atomic mass is 9.83. The summed E-state index contributed by atoms with van der Waals surface area (Å²) in [5.41, 5.74) is 2.08. The first-order valence-corrected chi connectivity index (χ1v) is 11.4. The van der Waals surface area contributed by atoms with Crippen molar-refractivity contribution in [2.45, 2.75) is 59.3 Å². The number of nitrogens with two attached hydrogens (primary N) is 1. The summed E-state index contributed by atoms with van der Waals surface area (Å²) in [5, 5.41) is 7.47. The van der Waals surface area contributed by atoms with Crippen LogP contribution < -0.4 is 11.2 Å². The molecule has 0 spiro atoms. The number of anilines is 1. The zero-order valence-electron chi connectivity index (χ0n) is 19.2. The Kier molecular flexibility index (Phi) is 11.0. The number of allylic oxidation sites excluding steroid dienone is 3. The number of pyridine rings is 1. The molecule has 0 aromatic carbocycles. The Morgan fingerprint density at radius 3 is 2.97 bits per heavy atom. The van der Waals surface area contributed by atoms with Crippen LogP contribution in [0.25, 0.3) is 0 Å². The van der Waals surface area contributed by atoms with Crippen molar-refractivity contribution in [1.29, 1.82) is 0 Å². The maximum Gasteiger partial charge on any atom is 0.161 e. The minimum absolute atomic E-state index is 0.116. The van der Waals surface area contributed by atoms with Crippen LogP contribution in [0, 0.1) is 17.8 Å². The Balaban J connectivity index is 1.93. The third-order valence-electron chi connectivity index (χ3n) is 5.77. The van der Waals surface area contributed by atoms with Gasteiger partial charge >= 0.3 is 0 Å². The largest absolute Gasteiger partial charge is 0.374 e. The lowest BCUT2D eigenvalue weighted by molar-refractivity contribution is -0.126. The second-order valence-corrected chi connectivity index (χ2v) is 8.42. The van der Waals surface area contributed by atoms with Gasteiger partial charge in [0.15, 0.2) is 5.78 Å². The van der Waals surface area contributed by atoms with Gasteiger partial charge in [0.05, 0.1) is 0 Å². The van der Waals surface area contributed by atoms with Crippen LogP contribution in [0.15, 0.2) is 53.4 Å². The Hall–Kier alpha value is -2.47. The Labute approximate surface area is 187 Å². The molecule has 1 heterocycles. The van der Waals surface area contributed by atoms with Gasteiger partial charge in [-0.1, -0.05) is 45.1 Å². The molecule has 170 valence electrons. The molecule has 0 amide bonds. The Morgan fingerprint density at radius 1 is 1.42 bits per heavy atom. The molecular weight excluding hydrogens is 388 g/mol. The van der Waals surface area contributed by atoms with Gasteiger partial charge in [0.2, 0.25) is 0 Å². The van der Waals surface area contributed by atoms with Crippen molar-refractivity contribution in [3.63, 3.8) is 0 Å². The maximum absolute atomic E-state index is 12.3. The fraction of sp³-hybridized carbons (Fsp3) is 0.560. The van der Waals surface area contributed by atoms with Gasteiger partial charge in [-0.15, -0.1) is 0 Å². The standard InChI is InChI=1S/C25H38N4O2/c1-4-15-31-18-24(30)20(3)16-23(29-26)17-21-10-8-12-22(11-7-9-19(21)2)28-25-13-5-6-14-27-25/h5-7,9,12-14,19-21H,4,8,10-11,15-18,26H2,1-3H3,(H,27,28)/b9-7-,22-12+,29-23+/t19-,20?,21?/m1/s1. The summed E-state index contributed by atoms with van der Waals surface area (Å²) >= 11 is 0. The molecule has 2 unspecified atom stereocenters. The van der Waals surface area contributed by atoms with Crippen molar-refractivity contribution >= 4 is 17.3 Å². The van der Waals surface area contributed by atoms with E-state index in [0.29, 0.717) is 24.9 Å². The molecule has 0 saturated carbocycles. The Morgan fingerprint density at radius 2 is 2.26 bits per heavy atom. The van der Waals surface area contributed by atoms with E-state index in [0.717, 1.165) is 43.6 Å². The van der Waals surface area contributed by atoms with Crippen molar-refractivity contribution in [1.82, 2.24) is 4.98 Å². The number of ether oxygens (including phenoxy) is 1. The van der Waals surface area contributed by atoms with E-state index in [1.807, 2.05) is 32.0 Å². The number of carbonyl (C=O) groups is 1. The highest BCUT2D eigenvalue weighted by Gasteiger charge is 2.22. The topological polar surface area (TPSA) is 89.6 Å². The summed E-state index contributed by atoms with van der Waals surface area (Å²) in [7, 11) is 0. The number of hydrogen-bond acceptors (Lipinski definition) is 6. The van der Waals surface area contributed by atoms with E-state index in [4.69, 9.17) is 10.6 Å². The van der Waals surface area contributed by atoms with Gasteiger partial charge in [0.1, 0.15) is 12.4 Å². The predicted molar refractivity (Wildman–Crippen MR) is 128 cm³/mol. The summed E-state index contributed by atoms with van der Waals surface area (Å²) in [6, 6.07) is 5.87. The highest BCUT2D eigenvalue weighted by molar-refractivity contribution is 5.91. The predicted octanol–water partition coefficient (Wildman–Crippen LogP) is 5.10. The van der Waals surface area contributed by atoms with Crippen LogP contribution in [0.3, 0.4) is 0 Å². The summed E-state index contributed by atoms with van der Waals surface area (Å²) < 4.78 is 5.40. The summed E-state index contributed by atoms with van der Waals surface area (Å²) in [6.07, 6.45) is 13.8. The third kappa shape index (κ3) is 9.05. The number of nitrogens with one attached hydrogen (secondary N) is 1. The van der Waals surface area contributed by atoms with Crippen molar-refractivity contribution in [3.05, 3.63) is 48.3 Å². The molecule has 1 aliphatic rings. The van der Waals surface area contributed by atoms with Gasteiger partial charge in [-0.05, 0) is 56.1 Å². The molecule has 2 rings (SSSR count). The molecule has 31 heavy (non-hydrogen) atoms. The minimum Gasteiger partial charge on any atom is -0.374 e. The normalized spacial score (nSPS) is 23.6. The fourth-order valence-corrected chi connectivity index (χ4v) is 3.79. The highest BCUT2D eigenvalue weighted by Crippen LogP contribution is 2.27. The second-order valence-electron chi connectivity index (χ2n) is 8.42. The molecule has 0 saturated heterocycles. The lowest BCUT2D eigenvalue weighted by Crippen LogP contribution is -2.23. The smallest absolute Gasteiger partial charge is 0.161 e. The molecule has 6 heteroatoms. The van der Waals surface area contributed by atoms with Gasteiger partial charge in [0.25, 0.3) is 0 Å². The van der Waals surface area contributed by atoms with Crippen LogP contribution >= 0.6 is 0 Å². The SMILES string of the molecule is CCCOCC(=O)C(C)C/C(CC1CC/C=C(/Nc2ccccn2)C/C=C\[C@H]1C)=N\N. The van der Waals surface area contributed by atoms with Crippen molar-refractivity contribution < 1.29 is 9.53 Å². The van der Waals surface area contributed by atoms with E-state index in [1.54, 1.807) is 6.20 Å². The van der Waals surface area contributed by atoms with E-state index in [9.17, 15) is 4.79 Å². The van der Waals surface area contributed by atoms with Crippen LogP contribution in [-0.2, 0) is 9.53 Å². The van der Waals surface area contributed by atoms with E-state index >= 15 is 0 Å². The molecule has 6 nitrogen and oxygen atoms in total. The summed E-state index contributed by atoms with van der Waals surface area (Å²) in [5.74, 6) is 7.41. The first kappa shape index (κ1) is 24.8. The van der Waals surface area contributed by atoms with E-state index in [1.165, 1.54) is 5.70 Å². The number of rotatable bonds is 11. The molecule has 0 fully saturated rings. The number of hydrazone groups is 1. The van der Waals surface area contributed by atoms with Crippen molar-refractivity contribution in [2.24, 2.45) is 28.7 Å². The molecule has 0 aliphatic heterocycles. The highest BCUT2D eigenvalue weighted by atomic mass is 16.5. The van der Waals surface area contributed by atoms with Crippen molar-refractivity contribution in [2.75, 3.05) is 18.5 Å². The molecular formula is C25H38N4O2. The van der Waals surface area contributed by atoms with Gasteiger partial charge in [-0.2, -0.15) is 5.10 Å². The van der Waals surface area contributed by atoms with E-state index in [-0.39, 0.29) is 18.3 Å². The molecule has 1 aromatic heterocycles. The molecule has 3 N–H and O–H groups in total. The van der Waals surface area contributed by atoms with Crippen LogP contribution in [0.1, 0.15) is 59.3 Å².